The van der Waals surface area contributed by atoms with Gasteiger partial charge >= 0.3 is 0 Å². The minimum Gasteiger partial charge on any atom is -0.361 e. The van der Waals surface area contributed by atoms with Crippen molar-refractivity contribution in [1.29, 1.82) is 0 Å². The lowest BCUT2D eigenvalue weighted by Crippen LogP contribution is -2.38. The van der Waals surface area contributed by atoms with E-state index >= 15 is 0 Å². The molecule has 1 aromatic carbocycles. The Morgan fingerprint density at radius 3 is 2.64 bits per heavy atom. The number of hydrogen-bond donors (Lipinski definition) is 2. The summed E-state index contributed by atoms with van der Waals surface area (Å²) in [6.45, 7) is 4.88. The van der Waals surface area contributed by atoms with E-state index in [1.54, 1.807) is 0 Å². The van der Waals surface area contributed by atoms with Crippen LogP contribution in [0.1, 0.15) is 48.8 Å². The first-order valence-corrected chi connectivity index (χ1v) is 8.75. The van der Waals surface area contributed by atoms with E-state index in [9.17, 15) is 0 Å². The fourth-order valence-electron chi connectivity index (χ4n) is 3.10. The molecule has 25 heavy (non-hydrogen) atoms. The van der Waals surface area contributed by atoms with Gasteiger partial charge in [-0.3, -0.25) is 4.99 Å². The highest BCUT2D eigenvalue weighted by atomic mass is 127. The number of rotatable bonds is 6. The van der Waals surface area contributed by atoms with Crippen LogP contribution >= 0.6 is 24.0 Å². The molecule has 1 aliphatic carbocycles. The van der Waals surface area contributed by atoms with E-state index in [2.05, 4.69) is 65.0 Å². The summed E-state index contributed by atoms with van der Waals surface area (Å²) < 4.78 is 5.42. The van der Waals surface area contributed by atoms with Gasteiger partial charge in [-0.2, -0.15) is 0 Å². The zero-order chi connectivity index (χ0) is 16.9. The molecule has 0 amide bonds. The van der Waals surface area contributed by atoms with Crippen LogP contribution in [0.25, 0.3) is 0 Å². The third-order valence-corrected chi connectivity index (χ3v) is 4.60. The quantitative estimate of drug-likeness (QED) is 0.398. The minimum absolute atomic E-state index is 0. The van der Waals surface area contributed by atoms with Crippen LogP contribution in [0.2, 0.25) is 0 Å². The van der Waals surface area contributed by atoms with Crippen molar-refractivity contribution in [2.75, 3.05) is 7.05 Å². The van der Waals surface area contributed by atoms with Gasteiger partial charge < -0.3 is 15.2 Å². The maximum absolute atomic E-state index is 5.42. The number of aliphatic imine (C=N–C) groups is 1. The molecule has 1 aromatic heterocycles. The SMILES string of the molecule is CCc1noc(CC)c1CNC(=NC)NC1CC1c1ccccc1.I. The minimum atomic E-state index is 0. The predicted molar refractivity (Wildman–Crippen MR) is 112 cm³/mol. The first-order chi connectivity index (χ1) is 11.8. The number of nitrogens with one attached hydrogen (secondary N) is 2. The summed E-state index contributed by atoms with van der Waals surface area (Å²) in [5, 5.41) is 11.1. The van der Waals surface area contributed by atoms with E-state index in [4.69, 9.17) is 4.52 Å². The van der Waals surface area contributed by atoms with E-state index < -0.39 is 0 Å². The average Bonchev–Trinajstić information content (AvgIpc) is 3.29. The summed E-state index contributed by atoms with van der Waals surface area (Å²) in [5.74, 6) is 2.38. The van der Waals surface area contributed by atoms with Crippen LogP contribution in [0.3, 0.4) is 0 Å². The summed E-state index contributed by atoms with van der Waals surface area (Å²) in [4.78, 5) is 4.35. The molecule has 2 N–H and O–H groups in total. The molecule has 3 rings (SSSR count). The molecule has 2 unspecified atom stereocenters. The second-order valence-electron chi connectivity index (χ2n) is 6.17. The highest BCUT2D eigenvalue weighted by Crippen LogP contribution is 2.40. The highest BCUT2D eigenvalue weighted by Gasteiger charge is 2.38. The van der Waals surface area contributed by atoms with E-state index in [0.29, 0.717) is 18.5 Å². The zero-order valence-electron chi connectivity index (χ0n) is 15.1. The lowest BCUT2D eigenvalue weighted by atomic mass is 10.1. The molecule has 136 valence electrons. The molecular weight excluding hydrogens is 427 g/mol. The van der Waals surface area contributed by atoms with Gasteiger partial charge in [-0.05, 0) is 18.4 Å². The zero-order valence-corrected chi connectivity index (χ0v) is 17.4. The normalized spacial score (nSPS) is 19.2. The van der Waals surface area contributed by atoms with Crippen molar-refractivity contribution in [3.8, 4) is 0 Å². The standard InChI is InChI=1S/C19H26N4O.HI/c1-4-16-15(18(5-2)24-23-16)12-21-19(20-3)22-17-11-14(17)13-9-7-6-8-10-13;/h6-10,14,17H,4-5,11-12H2,1-3H3,(H2,20,21,22);1H. The molecular formula is C19H27IN4O. The van der Waals surface area contributed by atoms with Crippen molar-refractivity contribution in [3.63, 3.8) is 0 Å². The summed E-state index contributed by atoms with van der Waals surface area (Å²) in [6.07, 6.45) is 2.89. The second-order valence-corrected chi connectivity index (χ2v) is 6.17. The first kappa shape index (κ1) is 19.8. The first-order valence-electron chi connectivity index (χ1n) is 8.75. The van der Waals surface area contributed by atoms with E-state index in [1.165, 1.54) is 11.1 Å². The maximum Gasteiger partial charge on any atom is 0.191 e. The largest absolute Gasteiger partial charge is 0.361 e. The van der Waals surface area contributed by atoms with Crippen LogP contribution < -0.4 is 10.6 Å². The fourth-order valence-corrected chi connectivity index (χ4v) is 3.10. The van der Waals surface area contributed by atoms with Crippen molar-refractivity contribution in [2.45, 2.75) is 51.6 Å². The molecule has 1 fully saturated rings. The van der Waals surface area contributed by atoms with Crippen LogP contribution in [0.4, 0.5) is 0 Å². The Labute approximate surface area is 166 Å². The monoisotopic (exact) mass is 454 g/mol. The topological polar surface area (TPSA) is 62.5 Å². The van der Waals surface area contributed by atoms with Crippen LogP contribution in [0.15, 0.2) is 39.8 Å². The van der Waals surface area contributed by atoms with Crippen LogP contribution in [0.5, 0.6) is 0 Å². The number of aromatic nitrogens is 1. The molecule has 5 nitrogen and oxygen atoms in total. The van der Waals surface area contributed by atoms with Gasteiger partial charge in [0.05, 0.1) is 5.69 Å². The van der Waals surface area contributed by atoms with Gasteiger partial charge in [-0.25, -0.2) is 0 Å². The molecule has 2 aromatic rings. The van der Waals surface area contributed by atoms with Gasteiger partial charge in [-0.15, -0.1) is 24.0 Å². The van der Waals surface area contributed by atoms with Gasteiger partial charge in [-0.1, -0.05) is 49.3 Å². The van der Waals surface area contributed by atoms with E-state index in [1.807, 2.05) is 7.05 Å². The van der Waals surface area contributed by atoms with Crippen LogP contribution in [-0.4, -0.2) is 24.2 Å². The Morgan fingerprint density at radius 1 is 1.24 bits per heavy atom. The number of benzene rings is 1. The van der Waals surface area contributed by atoms with E-state index in [0.717, 1.165) is 36.7 Å². The van der Waals surface area contributed by atoms with Gasteiger partial charge in [0.25, 0.3) is 0 Å². The number of aryl methyl sites for hydroxylation is 2. The van der Waals surface area contributed by atoms with Crippen molar-refractivity contribution in [3.05, 3.63) is 52.9 Å². The molecule has 2 atom stereocenters. The molecule has 1 saturated carbocycles. The van der Waals surface area contributed by atoms with Crippen molar-refractivity contribution < 1.29 is 4.52 Å². The summed E-state index contributed by atoms with van der Waals surface area (Å²) in [7, 11) is 1.81. The lowest BCUT2D eigenvalue weighted by molar-refractivity contribution is 0.380. The van der Waals surface area contributed by atoms with E-state index in [-0.39, 0.29) is 24.0 Å². The summed E-state index contributed by atoms with van der Waals surface area (Å²) in [6, 6.07) is 11.1. The van der Waals surface area contributed by atoms with Gasteiger partial charge in [0.15, 0.2) is 5.96 Å². The van der Waals surface area contributed by atoms with Crippen molar-refractivity contribution >= 4 is 29.9 Å². The molecule has 6 heteroatoms. The summed E-state index contributed by atoms with van der Waals surface area (Å²) >= 11 is 0. The molecule has 0 saturated heterocycles. The number of hydrogen-bond acceptors (Lipinski definition) is 3. The molecule has 0 aliphatic heterocycles. The van der Waals surface area contributed by atoms with Crippen molar-refractivity contribution in [1.82, 2.24) is 15.8 Å². The third kappa shape index (κ3) is 4.74. The Morgan fingerprint density at radius 2 is 2.00 bits per heavy atom. The highest BCUT2D eigenvalue weighted by molar-refractivity contribution is 14.0. The molecule has 1 heterocycles. The van der Waals surface area contributed by atoms with Gasteiger partial charge in [0, 0.05) is 37.5 Å². The average molecular weight is 454 g/mol. The second kappa shape index (κ2) is 9.22. The Bertz CT molecular complexity index is 677. The van der Waals surface area contributed by atoms with Crippen LogP contribution in [0, 0.1) is 0 Å². The molecule has 0 spiro atoms. The Kier molecular flexibility index (Phi) is 7.28. The maximum atomic E-state index is 5.42. The van der Waals surface area contributed by atoms with Crippen LogP contribution in [-0.2, 0) is 19.4 Å². The predicted octanol–water partition coefficient (Wildman–Crippen LogP) is 3.64. The summed E-state index contributed by atoms with van der Waals surface area (Å²) in [5.41, 5.74) is 3.59. The third-order valence-electron chi connectivity index (χ3n) is 4.60. The molecule has 0 bridgehead atoms. The number of guanidine groups is 1. The Balaban J connectivity index is 0.00000225. The number of nitrogens with zero attached hydrogens (tertiary/aromatic N) is 2. The molecule has 1 aliphatic rings. The fraction of sp³-hybridized carbons (Fsp3) is 0.474. The molecule has 0 radical (unpaired) electrons. The lowest BCUT2D eigenvalue weighted by Gasteiger charge is -2.12. The number of halogens is 1. The smallest absolute Gasteiger partial charge is 0.191 e. The van der Waals surface area contributed by atoms with Crippen molar-refractivity contribution in [2.24, 2.45) is 4.99 Å². The van der Waals surface area contributed by atoms with Gasteiger partial charge in [0.2, 0.25) is 0 Å². The Hall–Kier alpha value is -1.57. The van der Waals surface area contributed by atoms with Gasteiger partial charge in [0.1, 0.15) is 5.76 Å².